The second-order valence-electron chi connectivity index (χ2n) is 6.05. The van der Waals surface area contributed by atoms with E-state index in [4.69, 9.17) is 10.5 Å². The molecule has 2 heterocycles. The van der Waals surface area contributed by atoms with Gasteiger partial charge in [0.1, 0.15) is 0 Å². The molecular weight excluding hydrogens is 320 g/mol. The zero-order valence-electron chi connectivity index (χ0n) is 13.0. The molecule has 1 aromatic heterocycles. The van der Waals surface area contributed by atoms with Gasteiger partial charge in [-0.3, -0.25) is 4.79 Å². The number of amides is 1. The third-order valence-electron chi connectivity index (χ3n) is 4.91. The average Bonchev–Trinajstić information content (AvgIpc) is 3.02. The molecule has 0 aromatic carbocycles. The Kier molecular flexibility index (Phi) is 6.26. The van der Waals surface area contributed by atoms with Crippen LogP contribution in [-0.4, -0.2) is 43.2 Å². The molecule has 22 heavy (non-hydrogen) atoms. The molecule has 1 aliphatic carbocycles. The Morgan fingerprint density at radius 3 is 3.05 bits per heavy atom. The van der Waals surface area contributed by atoms with Gasteiger partial charge in [-0.15, -0.1) is 23.7 Å². The molecule has 6 heteroatoms. The van der Waals surface area contributed by atoms with Gasteiger partial charge < -0.3 is 15.4 Å². The van der Waals surface area contributed by atoms with Crippen LogP contribution in [0, 0.1) is 0 Å². The number of thiophene rings is 1. The van der Waals surface area contributed by atoms with Crippen molar-refractivity contribution < 1.29 is 9.53 Å². The number of carbonyl (C=O) groups is 1. The van der Waals surface area contributed by atoms with Crippen LogP contribution >= 0.6 is 23.7 Å². The summed E-state index contributed by atoms with van der Waals surface area (Å²) in [6.07, 6.45) is 5.24. The lowest BCUT2D eigenvalue weighted by atomic mass is 9.85. The molecule has 124 valence electrons. The predicted octanol–water partition coefficient (Wildman–Crippen LogP) is 2.55. The van der Waals surface area contributed by atoms with Crippen molar-refractivity contribution in [1.29, 1.82) is 0 Å². The Labute approximate surface area is 142 Å². The zero-order valence-corrected chi connectivity index (χ0v) is 14.6. The molecule has 0 spiro atoms. The van der Waals surface area contributed by atoms with Gasteiger partial charge in [0.05, 0.1) is 12.0 Å². The fraction of sp³-hybridized carbons (Fsp3) is 0.688. The Morgan fingerprint density at radius 1 is 1.50 bits per heavy atom. The van der Waals surface area contributed by atoms with Crippen LogP contribution < -0.4 is 5.73 Å². The van der Waals surface area contributed by atoms with E-state index in [2.05, 4.69) is 11.4 Å². The van der Waals surface area contributed by atoms with Gasteiger partial charge in [0.2, 0.25) is 5.91 Å². The Hall–Kier alpha value is -0.620. The van der Waals surface area contributed by atoms with Gasteiger partial charge in [0, 0.05) is 31.1 Å². The lowest BCUT2D eigenvalue weighted by Crippen LogP contribution is -2.52. The molecule has 1 aromatic rings. The number of fused-ring (bicyclic) bond motifs is 1. The van der Waals surface area contributed by atoms with Gasteiger partial charge >= 0.3 is 0 Å². The summed E-state index contributed by atoms with van der Waals surface area (Å²) in [4.78, 5) is 16.4. The van der Waals surface area contributed by atoms with Crippen molar-refractivity contribution in [3.8, 4) is 0 Å². The van der Waals surface area contributed by atoms with Gasteiger partial charge in [-0.25, -0.2) is 0 Å². The van der Waals surface area contributed by atoms with E-state index in [1.807, 2.05) is 4.90 Å². The molecule has 0 radical (unpaired) electrons. The van der Waals surface area contributed by atoms with Crippen molar-refractivity contribution in [3.05, 3.63) is 21.9 Å². The summed E-state index contributed by atoms with van der Waals surface area (Å²) >= 11 is 1.79. The highest BCUT2D eigenvalue weighted by atomic mass is 35.5. The molecule has 1 saturated heterocycles. The Balaban J connectivity index is 0.00000176. The fourth-order valence-electron chi connectivity index (χ4n) is 3.68. The van der Waals surface area contributed by atoms with Crippen LogP contribution in [0.5, 0.6) is 0 Å². The van der Waals surface area contributed by atoms with Crippen LogP contribution in [0.25, 0.3) is 0 Å². The minimum Gasteiger partial charge on any atom is -0.381 e. The van der Waals surface area contributed by atoms with E-state index in [-0.39, 0.29) is 36.4 Å². The lowest BCUT2D eigenvalue weighted by molar-refractivity contribution is -0.138. The molecule has 1 aliphatic heterocycles. The molecule has 2 N–H and O–H groups in total. The largest absolute Gasteiger partial charge is 0.381 e. The molecule has 2 aliphatic rings. The number of hydrogen-bond donors (Lipinski definition) is 1. The highest BCUT2D eigenvalue weighted by Gasteiger charge is 2.36. The van der Waals surface area contributed by atoms with Crippen LogP contribution in [0.15, 0.2) is 11.4 Å². The van der Waals surface area contributed by atoms with E-state index in [9.17, 15) is 4.79 Å². The second-order valence-corrected chi connectivity index (χ2v) is 7.05. The highest BCUT2D eigenvalue weighted by molar-refractivity contribution is 7.10. The summed E-state index contributed by atoms with van der Waals surface area (Å²) in [6.45, 7) is 1.30. The van der Waals surface area contributed by atoms with Crippen molar-refractivity contribution in [2.45, 2.75) is 50.2 Å². The first-order valence-corrected chi connectivity index (χ1v) is 8.72. The minimum atomic E-state index is 0. The third kappa shape index (κ3) is 3.32. The molecule has 1 fully saturated rings. The SMILES string of the molecule is COC1CCN(C(=O)C2CCCc3sccc32)C(CN)C1.Cl. The van der Waals surface area contributed by atoms with Gasteiger partial charge in [-0.05, 0) is 49.1 Å². The lowest BCUT2D eigenvalue weighted by Gasteiger charge is -2.40. The van der Waals surface area contributed by atoms with Gasteiger partial charge in [0.15, 0.2) is 0 Å². The maximum absolute atomic E-state index is 13.0. The normalized spacial score (nSPS) is 27.9. The zero-order chi connectivity index (χ0) is 14.8. The van der Waals surface area contributed by atoms with Crippen LogP contribution in [0.3, 0.4) is 0 Å². The van der Waals surface area contributed by atoms with Crippen molar-refractivity contribution >= 4 is 29.7 Å². The summed E-state index contributed by atoms with van der Waals surface area (Å²) in [5.74, 6) is 0.326. The monoisotopic (exact) mass is 344 g/mol. The summed E-state index contributed by atoms with van der Waals surface area (Å²) < 4.78 is 5.45. The van der Waals surface area contributed by atoms with Crippen LogP contribution in [-0.2, 0) is 16.0 Å². The standard InChI is InChI=1S/C16H24N2O2S.ClH/c1-20-12-5-7-18(11(9-12)10-17)16(19)14-3-2-4-15-13(14)6-8-21-15;/h6,8,11-12,14H,2-5,7,9-10,17H2,1H3;1H. The molecule has 4 nitrogen and oxygen atoms in total. The first kappa shape index (κ1) is 17.7. The molecule has 0 bridgehead atoms. The number of nitrogens with zero attached hydrogens (tertiary/aromatic N) is 1. The smallest absolute Gasteiger partial charge is 0.230 e. The van der Waals surface area contributed by atoms with E-state index in [0.29, 0.717) is 6.54 Å². The maximum atomic E-state index is 13.0. The van der Waals surface area contributed by atoms with Crippen LogP contribution in [0.2, 0.25) is 0 Å². The first-order valence-electron chi connectivity index (χ1n) is 7.84. The minimum absolute atomic E-state index is 0. The van der Waals surface area contributed by atoms with E-state index in [0.717, 1.165) is 38.6 Å². The van der Waals surface area contributed by atoms with E-state index in [1.165, 1.54) is 10.4 Å². The Morgan fingerprint density at radius 2 is 2.32 bits per heavy atom. The summed E-state index contributed by atoms with van der Waals surface area (Å²) in [5.41, 5.74) is 7.17. The van der Waals surface area contributed by atoms with Crippen molar-refractivity contribution in [2.24, 2.45) is 5.73 Å². The predicted molar refractivity (Wildman–Crippen MR) is 91.8 cm³/mol. The van der Waals surface area contributed by atoms with Crippen LogP contribution in [0.1, 0.15) is 42.0 Å². The number of halogens is 1. The number of carbonyl (C=O) groups excluding carboxylic acids is 1. The topological polar surface area (TPSA) is 55.6 Å². The van der Waals surface area contributed by atoms with Crippen molar-refractivity contribution in [2.75, 3.05) is 20.2 Å². The van der Waals surface area contributed by atoms with E-state index >= 15 is 0 Å². The number of aryl methyl sites for hydroxylation is 1. The van der Waals surface area contributed by atoms with Gasteiger partial charge in [0.25, 0.3) is 0 Å². The Bertz CT molecular complexity index is 508. The average molecular weight is 345 g/mol. The molecule has 1 amide bonds. The van der Waals surface area contributed by atoms with Crippen LogP contribution in [0.4, 0.5) is 0 Å². The van der Waals surface area contributed by atoms with Gasteiger partial charge in [-0.2, -0.15) is 0 Å². The molecule has 3 unspecified atom stereocenters. The summed E-state index contributed by atoms with van der Waals surface area (Å²) in [7, 11) is 1.74. The van der Waals surface area contributed by atoms with Crippen molar-refractivity contribution in [3.63, 3.8) is 0 Å². The highest BCUT2D eigenvalue weighted by Crippen LogP contribution is 2.37. The van der Waals surface area contributed by atoms with Gasteiger partial charge in [-0.1, -0.05) is 0 Å². The molecule has 3 rings (SSSR count). The van der Waals surface area contributed by atoms with Crippen molar-refractivity contribution in [1.82, 2.24) is 4.90 Å². The number of likely N-dealkylation sites (tertiary alicyclic amines) is 1. The maximum Gasteiger partial charge on any atom is 0.230 e. The number of piperidine rings is 1. The summed E-state index contributed by atoms with van der Waals surface area (Å²) in [5, 5.41) is 2.12. The number of rotatable bonds is 3. The van der Waals surface area contributed by atoms with E-state index < -0.39 is 0 Å². The quantitative estimate of drug-likeness (QED) is 0.916. The number of hydrogen-bond acceptors (Lipinski definition) is 4. The molecule has 0 saturated carbocycles. The number of nitrogens with two attached hydrogens (primary N) is 1. The second kappa shape index (κ2) is 7.77. The molecular formula is C16H25ClN2O2S. The fourth-order valence-corrected chi connectivity index (χ4v) is 4.67. The van der Waals surface area contributed by atoms with E-state index in [1.54, 1.807) is 18.4 Å². The molecule has 3 atom stereocenters. The number of methoxy groups -OCH3 is 1. The third-order valence-corrected chi connectivity index (χ3v) is 5.90. The summed E-state index contributed by atoms with van der Waals surface area (Å²) in [6, 6.07) is 2.27. The number of ether oxygens (including phenoxy) is 1. The first-order chi connectivity index (χ1) is 10.2.